The van der Waals surface area contributed by atoms with E-state index in [1.807, 2.05) is 18.3 Å². The lowest BCUT2D eigenvalue weighted by Gasteiger charge is -2.34. The summed E-state index contributed by atoms with van der Waals surface area (Å²) in [5.41, 5.74) is 6.86. The SMILES string of the molecule is CN1CCN(c2ccnc3[nH]c(-c4n[nH]c5ccc(-c6cnccn6)nc45)cc23)CC1. The number of H-pyrrole nitrogens is 2. The number of aromatic nitrogens is 7. The van der Waals surface area contributed by atoms with Crippen LogP contribution in [0.1, 0.15) is 0 Å². The van der Waals surface area contributed by atoms with E-state index in [2.05, 4.69) is 59.1 Å². The first-order chi connectivity index (χ1) is 15.3. The van der Waals surface area contributed by atoms with Gasteiger partial charge in [-0.2, -0.15) is 5.10 Å². The molecule has 0 spiro atoms. The van der Waals surface area contributed by atoms with Gasteiger partial charge in [-0.25, -0.2) is 9.97 Å². The van der Waals surface area contributed by atoms with E-state index in [1.165, 1.54) is 5.69 Å². The Hall–Kier alpha value is -3.85. The Morgan fingerprint density at radius 1 is 0.935 bits per heavy atom. The molecule has 0 aromatic carbocycles. The second kappa shape index (κ2) is 7.13. The maximum absolute atomic E-state index is 4.82. The van der Waals surface area contributed by atoms with E-state index in [4.69, 9.17) is 4.98 Å². The third-order valence-corrected chi connectivity index (χ3v) is 5.84. The Morgan fingerprint density at radius 3 is 2.68 bits per heavy atom. The Bertz CT molecular complexity index is 1360. The summed E-state index contributed by atoms with van der Waals surface area (Å²) in [6.45, 7) is 4.12. The van der Waals surface area contributed by atoms with Crippen molar-refractivity contribution in [1.82, 2.24) is 40.0 Å². The summed E-state index contributed by atoms with van der Waals surface area (Å²) in [7, 11) is 2.17. The molecule has 6 rings (SSSR count). The summed E-state index contributed by atoms with van der Waals surface area (Å²) >= 11 is 0. The smallest absolute Gasteiger partial charge is 0.139 e. The maximum Gasteiger partial charge on any atom is 0.139 e. The average molecular weight is 411 g/mol. The van der Waals surface area contributed by atoms with Gasteiger partial charge in [0.05, 0.1) is 23.1 Å². The molecule has 1 aliphatic heterocycles. The van der Waals surface area contributed by atoms with E-state index < -0.39 is 0 Å². The molecule has 6 heterocycles. The lowest BCUT2D eigenvalue weighted by atomic mass is 10.2. The molecule has 9 heteroatoms. The van der Waals surface area contributed by atoms with Gasteiger partial charge in [-0.3, -0.25) is 15.1 Å². The quantitative estimate of drug-likeness (QED) is 0.471. The highest BCUT2D eigenvalue weighted by Gasteiger charge is 2.20. The van der Waals surface area contributed by atoms with Crippen molar-refractivity contribution in [2.45, 2.75) is 0 Å². The number of piperazine rings is 1. The van der Waals surface area contributed by atoms with E-state index in [0.717, 1.165) is 71.0 Å². The van der Waals surface area contributed by atoms with Crippen LogP contribution in [0, 0.1) is 0 Å². The van der Waals surface area contributed by atoms with Gasteiger partial charge in [-0.1, -0.05) is 0 Å². The molecule has 0 bridgehead atoms. The highest BCUT2D eigenvalue weighted by Crippen LogP contribution is 2.32. The predicted molar refractivity (Wildman–Crippen MR) is 120 cm³/mol. The first kappa shape index (κ1) is 18.0. The Morgan fingerprint density at radius 2 is 1.84 bits per heavy atom. The fourth-order valence-electron chi connectivity index (χ4n) is 4.12. The van der Waals surface area contributed by atoms with Crippen molar-refractivity contribution in [3.05, 3.63) is 49.1 Å². The van der Waals surface area contributed by atoms with Gasteiger partial charge >= 0.3 is 0 Å². The van der Waals surface area contributed by atoms with Crippen LogP contribution in [0.15, 0.2) is 49.1 Å². The summed E-state index contributed by atoms with van der Waals surface area (Å²) in [5, 5.41) is 8.73. The molecule has 0 amide bonds. The summed E-state index contributed by atoms with van der Waals surface area (Å²) < 4.78 is 0. The van der Waals surface area contributed by atoms with E-state index in [1.54, 1.807) is 18.6 Å². The zero-order valence-corrected chi connectivity index (χ0v) is 17.1. The third kappa shape index (κ3) is 3.10. The number of anilines is 1. The highest BCUT2D eigenvalue weighted by atomic mass is 15.2. The molecule has 0 unspecified atom stereocenters. The lowest BCUT2D eigenvalue weighted by Crippen LogP contribution is -2.44. The van der Waals surface area contributed by atoms with Crippen molar-refractivity contribution in [2.75, 3.05) is 38.1 Å². The van der Waals surface area contributed by atoms with Crippen LogP contribution >= 0.6 is 0 Å². The molecule has 0 aliphatic carbocycles. The summed E-state index contributed by atoms with van der Waals surface area (Å²) in [5.74, 6) is 0. The van der Waals surface area contributed by atoms with Crippen molar-refractivity contribution in [2.24, 2.45) is 0 Å². The van der Waals surface area contributed by atoms with Crippen molar-refractivity contribution < 1.29 is 0 Å². The van der Waals surface area contributed by atoms with E-state index in [-0.39, 0.29) is 0 Å². The number of rotatable bonds is 3. The molecule has 5 aromatic heterocycles. The number of hydrogen-bond acceptors (Lipinski definition) is 7. The van der Waals surface area contributed by atoms with Crippen molar-refractivity contribution >= 4 is 27.8 Å². The summed E-state index contributed by atoms with van der Waals surface area (Å²) in [6, 6.07) is 8.12. The van der Waals surface area contributed by atoms with Gasteiger partial charge in [-0.15, -0.1) is 0 Å². The molecule has 1 aliphatic rings. The normalized spacial score (nSPS) is 15.2. The van der Waals surface area contributed by atoms with Crippen LogP contribution in [0.3, 0.4) is 0 Å². The van der Waals surface area contributed by atoms with E-state index >= 15 is 0 Å². The fraction of sp³-hybridized carbons (Fsp3) is 0.227. The number of nitrogens with zero attached hydrogens (tertiary/aromatic N) is 7. The van der Waals surface area contributed by atoms with Gasteiger partial charge in [-0.05, 0) is 31.3 Å². The summed E-state index contributed by atoms with van der Waals surface area (Å²) in [6.07, 6.45) is 6.90. The molecule has 31 heavy (non-hydrogen) atoms. The molecular weight excluding hydrogens is 390 g/mol. The predicted octanol–water partition coefficient (Wildman–Crippen LogP) is 2.71. The minimum absolute atomic E-state index is 0.729. The van der Waals surface area contributed by atoms with Gasteiger partial charge in [0.15, 0.2) is 0 Å². The molecule has 0 saturated carbocycles. The van der Waals surface area contributed by atoms with Gasteiger partial charge in [0.25, 0.3) is 0 Å². The number of aromatic amines is 2. The van der Waals surface area contributed by atoms with Crippen LogP contribution < -0.4 is 4.90 Å². The van der Waals surface area contributed by atoms with Crippen LogP contribution in [-0.2, 0) is 0 Å². The molecule has 1 saturated heterocycles. The van der Waals surface area contributed by atoms with Gasteiger partial charge in [0, 0.05) is 55.8 Å². The number of likely N-dealkylation sites (N-methyl/N-ethyl adjacent to an activating group) is 1. The fourth-order valence-corrected chi connectivity index (χ4v) is 4.12. The second-order valence-corrected chi connectivity index (χ2v) is 7.82. The number of fused-ring (bicyclic) bond motifs is 2. The maximum atomic E-state index is 4.82. The van der Waals surface area contributed by atoms with Crippen LogP contribution in [0.2, 0.25) is 0 Å². The number of hydrogen-bond donors (Lipinski definition) is 2. The molecule has 9 nitrogen and oxygen atoms in total. The lowest BCUT2D eigenvalue weighted by molar-refractivity contribution is 0.313. The zero-order valence-electron chi connectivity index (χ0n) is 17.1. The van der Waals surface area contributed by atoms with Crippen LogP contribution in [0.25, 0.3) is 44.8 Å². The minimum atomic E-state index is 0.729. The van der Waals surface area contributed by atoms with Crippen molar-refractivity contribution in [3.63, 3.8) is 0 Å². The molecule has 2 N–H and O–H groups in total. The zero-order chi connectivity index (χ0) is 20.8. The molecule has 5 aromatic rings. The summed E-state index contributed by atoms with van der Waals surface area (Å²) in [4.78, 5) is 26.1. The third-order valence-electron chi connectivity index (χ3n) is 5.84. The topological polar surface area (TPSA) is 103 Å². The Balaban J connectivity index is 1.44. The molecule has 154 valence electrons. The second-order valence-electron chi connectivity index (χ2n) is 7.82. The molecule has 0 atom stereocenters. The van der Waals surface area contributed by atoms with E-state index in [0.29, 0.717) is 0 Å². The minimum Gasteiger partial charge on any atom is -0.368 e. The van der Waals surface area contributed by atoms with Gasteiger partial charge < -0.3 is 14.8 Å². The van der Waals surface area contributed by atoms with Crippen LogP contribution in [0.4, 0.5) is 5.69 Å². The first-order valence-corrected chi connectivity index (χ1v) is 10.3. The Labute approximate surface area is 178 Å². The molecule has 1 fully saturated rings. The standard InChI is InChI=1S/C22H21N9/c1-30-8-10-31(11-9-30)19-4-5-25-22-14(19)12-17(27-22)21-20-16(28-29-21)3-2-15(26-20)18-13-23-6-7-24-18/h2-7,12-13H,8-11H2,1H3,(H,25,27)(H,28,29). The van der Waals surface area contributed by atoms with Gasteiger partial charge in [0.1, 0.15) is 22.6 Å². The number of nitrogens with one attached hydrogen (secondary N) is 2. The van der Waals surface area contributed by atoms with Crippen LogP contribution in [-0.4, -0.2) is 73.2 Å². The average Bonchev–Trinajstić information content (AvgIpc) is 3.43. The Kier molecular flexibility index (Phi) is 4.13. The number of pyridine rings is 2. The van der Waals surface area contributed by atoms with Crippen LogP contribution in [0.5, 0.6) is 0 Å². The van der Waals surface area contributed by atoms with Crippen molar-refractivity contribution in [1.29, 1.82) is 0 Å². The first-order valence-electron chi connectivity index (χ1n) is 10.3. The molecule has 0 radical (unpaired) electrons. The monoisotopic (exact) mass is 411 g/mol. The van der Waals surface area contributed by atoms with E-state index in [9.17, 15) is 0 Å². The molecular formula is C22H21N9. The van der Waals surface area contributed by atoms with Crippen molar-refractivity contribution in [3.8, 4) is 22.8 Å². The highest BCUT2D eigenvalue weighted by molar-refractivity contribution is 5.97. The van der Waals surface area contributed by atoms with Gasteiger partial charge in [0.2, 0.25) is 0 Å². The largest absolute Gasteiger partial charge is 0.368 e.